The van der Waals surface area contributed by atoms with E-state index in [2.05, 4.69) is 5.32 Å². The fourth-order valence-corrected chi connectivity index (χ4v) is 4.46. The highest BCUT2D eigenvalue weighted by Crippen LogP contribution is 2.32. The number of carbonyl (C=O) groups excluding carboxylic acids is 1. The third-order valence-electron chi connectivity index (χ3n) is 6.49. The maximum atomic E-state index is 12.0. The molecule has 11 N–H and O–H groups in total. The molecule has 0 aliphatic carbocycles. The molecule has 0 bridgehead atoms. The Morgan fingerprint density at radius 3 is 1.76 bits per heavy atom. The Kier molecular flexibility index (Phi) is 10.5. The first-order valence-electron chi connectivity index (χ1n) is 11.6. The van der Waals surface area contributed by atoms with Gasteiger partial charge in [0.25, 0.3) is 0 Å². The van der Waals surface area contributed by atoms with E-state index in [0.29, 0.717) is 0 Å². The Balaban J connectivity index is 1.90. The van der Waals surface area contributed by atoms with Crippen LogP contribution in [0.3, 0.4) is 0 Å². The topological polar surface area (TPSA) is 278 Å². The van der Waals surface area contributed by atoms with Crippen molar-refractivity contribution in [2.45, 2.75) is 99.0 Å². The van der Waals surface area contributed by atoms with Crippen molar-refractivity contribution in [2.24, 2.45) is 0 Å². The molecule has 15 atom stereocenters. The number of amides is 1. The molecule has 3 heterocycles. The second-order valence-corrected chi connectivity index (χ2v) is 9.07. The van der Waals surface area contributed by atoms with Gasteiger partial charge in [-0.1, -0.05) is 0 Å². The monoisotopic (exact) mass is 545 g/mol. The van der Waals surface area contributed by atoms with Crippen LogP contribution in [0.25, 0.3) is 0 Å². The summed E-state index contributed by atoms with van der Waals surface area (Å²) < 4.78 is 27.3. The molecule has 3 saturated heterocycles. The van der Waals surface area contributed by atoms with Gasteiger partial charge in [0.2, 0.25) is 5.91 Å². The largest absolute Gasteiger partial charge is 0.394 e. The summed E-state index contributed by atoms with van der Waals surface area (Å²) in [5, 5.41) is 103. The molecule has 1 unspecified atom stereocenters. The van der Waals surface area contributed by atoms with Crippen LogP contribution in [0, 0.1) is 0 Å². The Morgan fingerprint density at radius 1 is 0.649 bits per heavy atom. The first-order chi connectivity index (χ1) is 17.4. The molecule has 3 aliphatic rings. The molecule has 3 rings (SSSR count). The van der Waals surface area contributed by atoms with E-state index in [0.717, 1.165) is 6.92 Å². The number of hydrogen-bond acceptors (Lipinski definition) is 16. The molecule has 3 aliphatic heterocycles. The molecule has 3 fully saturated rings. The highest BCUT2D eigenvalue weighted by molar-refractivity contribution is 5.73. The van der Waals surface area contributed by atoms with Gasteiger partial charge in [-0.15, -0.1) is 0 Å². The highest BCUT2D eigenvalue weighted by atomic mass is 16.7. The van der Waals surface area contributed by atoms with Crippen LogP contribution < -0.4 is 5.32 Å². The smallest absolute Gasteiger partial charge is 0.217 e. The summed E-state index contributed by atoms with van der Waals surface area (Å²) in [5.74, 6) is -0.686. The molecule has 17 heteroatoms. The van der Waals surface area contributed by atoms with Crippen molar-refractivity contribution >= 4 is 5.91 Å². The van der Waals surface area contributed by atoms with Crippen LogP contribution in [0.5, 0.6) is 0 Å². The highest BCUT2D eigenvalue weighted by Gasteiger charge is 2.54. The van der Waals surface area contributed by atoms with Gasteiger partial charge in [0.05, 0.1) is 19.8 Å². The van der Waals surface area contributed by atoms with Crippen LogP contribution in [0.1, 0.15) is 6.92 Å². The Bertz CT molecular complexity index is 743. The number of aliphatic hydroxyl groups is 10. The van der Waals surface area contributed by atoms with Crippen molar-refractivity contribution in [3.8, 4) is 0 Å². The SMILES string of the molecule is CC(=O)N[C@H]1[C@H](O[C@@H]2[C@H](O)[C@@H](O)C(O)O[C@@H]2CO)O[C@H](CO)[C@@H](O)[C@@H]1O[C@@H]1O[C@H](CO)[C@H](O)[C@H](O)[C@H]1O. The molecule has 1 amide bonds. The molecule has 0 saturated carbocycles. The first-order valence-corrected chi connectivity index (χ1v) is 11.6. The Morgan fingerprint density at radius 2 is 1.19 bits per heavy atom. The number of carbonyl (C=O) groups is 1. The van der Waals surface area contributed by atoms with Gasteiger partial charge in [-0.05, 0) is 0 Å². The maximum absolute atomic E-state index is 12.0. The maximum Gasteiger partial charge on any atom is 0.217 e. The lowest BCUT2D eigenvalue weighted by atomic mass is 9.94. The minimum Gasteiger partial charge on any atom is -0.394 e. The van der Waals surface area contributed by atoms with Crippen molar-refractivity contribution in [2.75, 3.05) is 19.8 Å². The van der Waals surface area contributed by atoms with Crippen LogP contribution in [0.4, 0.5) is 0 Å². The fourth-order valence-electron chi connectivity index (χ4n) is 4.46. The van der Waals surface area contributed by atoms with E-state index in [4.69, 9.17) is 23.7 Å². The average Bonchev–Trinajstić information content (AvgIpc) is 2.87. The van der Waals surface area contributed by atoms with Crippen molar-refractivity contribution in [1.29, 1.82) is 0 Å². The van der Waals surface area contributed by atoms with Gasteiger partial charge in [-0.25, -0.2) is 0 Å². The zero-order valence-corrected chi connectivity index (χ0v) is 19.7. The predicted octanol–water partition coefficient (Wildman–Crippen LogP) is -7.43. The molecule has 37 heavy (non-hydrogen) atoms. The van der Waals surface area contributed by atoms with Gasteiger partial charge in [-0.3, -0.25) is 4.79 Å². The quantitative estimate of drug-likeness (QED) is 0.135. The summed E-state index contributed by atoms with van der Waals surface area (Å²) in [4.78, 5) is 12.0. The van der Waals surface area contributed by atoms with Gasteiger partial charge in [0, 0.05) is 6.92 Å². The van der Waals surface area contributed by atoms with E-state index in [9.17, 15) is 55.9 Å². The molecule has 0 radical (unpaired) electrons. The number of nitrogens with one attached hydrogen (secondary N) is 1. The van der Waals surface area contributed by atoms with Crippen LogP contribution >= 0.6 is 0 Å². The zero-order chi connectivity index (χ0) is 27.6. The van der Waals surface area contributed by atoms with E-state index >= 15 is 0 Å². The van der Waals surface area contributed by atoms with Gasteiger partial charge < -0.3 is 80.1 Å². The van der Waals surface area contributed by atoms with E-state index < -0.39 is 118 Å². The predicted molar refractivity (Wildman–Crippen MR) is 113 cm³/mol. The number of rotatable bonds is 8. The zero-order valence-electron chi connectivity index (χ0n) is 19.7. The van der Waals surface area contributed by atoms with Gasteiger partial charge in [-0.2, -0.15) is 0 Å². The Hall–Kier alpha value is -1.13. The fraction of sp³-hybridized carbons (Fsp3) is 0.950. The van der Waals surface area contributed by atoms with E-state index in [1.807, 2.05) is 0 Å². The van der Waals surface area contributed by atoms with Gasteiger partial charge in [0.15, 0.2) is 18.9 Å². The Labute approximate surface area is 210 Å². The second-order valence-electron chi connectivity index (χ2n) is 9.07. The summed E-state index contributed by atoms with van der Waals surface area (Å²) >= 11 is 0. The van der Waals surface area contributed by atoms with Crippen molar-refractivity contribution < 1.29 is 79.5 Å². The second kappa shape index (κ2) is 12.8. The molecule has 0 aromatic carbocycles. The number of ether oxygens (including phenoxy) is 5. The van der Waals surface area contributed by atoms with Crippen molar-refractivity contribution in [1.82, 2.24) is 5.32 Å². The summed E-state index contributed by atoms with van der Waals surface area (Å²) in [5.41, 5.74) is 0. The molecule has 0 aromatic rings. The summed E-state index contributed by atoms with van der Waals surface area (Å²) in [6.07, 6.45) is -23.3. The lowest BCUT2D eigenvalue weighted by molar-refractivity contribution is -0.363. The standard InChI is InChI=1S/C20H35NO16/c1-5(25)21-9-17(37-20-15(31)12(28)10(26)6(2-22)35-20)11(27)7(3-23)34-19(9)36-16-8(4-24)33-18(32)14(30)13(16)29/h6-20,22-24,26-32H,2-4H2,1H3,(H,21,25)/t6-,7-,8-,9-,10+,11-,12+,13-,14-,15-,16+,17-,18?,19+,20+/m1/s1. The molecular weight excluding hydrogens is 510 g/mol. The van der Waals surface area contributed by atoms with E-state index in [1.165, 1.54) is 0 Å². The van der Waals surface area contributed by atoms with Crippen LogP contribution in [0.15, 0.2) is 0 Å². The minimum absolute atomic E-state index is 0.686. The molecule has 0 aromatic heterocycles. The van der Waals surface area contributed by atoms with E-state index in [-0.39, 0.29) is 0 Å². The van der Waals surface area contributed by atoms with Crippen LogP contribution in [-0.4, -0.2) is 169 Å². The normalized spacial score (nSPS) is 49.0. The first kappa shape index (κ1) is 30.4. The van der Waals surface area contributed by atoms with Crippen molar-refractivity contribution in [3.63, 3.8) is 0 Å². The van der Waals surface area contributed by atoms with E-state index in [1.54, 1.807) is 0 Å². The van der Waals surface area contributed by atoms with Gasteiger partial charge >= 0.3 is 0 Å². The molecule has 0 spiro atoms. The summed E-state index contributed by atoms with van der Waals surface area (Å²) in [7, 11) is 0. The lowest BCUT2D eigenvalue weighted by Gasteiger charge is -2.49. The summed E-state index contributed by atoms with van der Waals surface area (Å²) in [6.45, 7) is -1.25. The van der Waals surface area contributed by atoms with Crippen molar-refractivity contribution in [3.05, 3.63) is 0 Å². The summed E-state index contributed by atoms with van der Waals surface area (Å²) in [6, 6.07) is -1.46. The van der Waals surface area contributed by atoms with Crippen LogP contribution in [-0.2, 0) is 28.5 Å². The number of hydrogen-bond donors (Lipinski definition) is 11. The molecular formula is C20H35NO16. The number of aliphatic hydroxyl groups excluding tert-OH is 10. The minimum atomic E-state index is -1.87. The van der Waals surface area contributed by atoms with Crippen LogP contribution in [0.2, 0.25) is 0 Å². The third kappa shape index (κ3) is 6.38. The molecule has 216 valence electrons. The lowest BCUT2D eigenvalue weighted by Crippen LogP contribution is -2.69. The third-order valence-corrected chi connectivity index (χ3v) is 6.49. The average molecular weight is 545 g/mol. The molecule has 17 nitrogen and oxygen atoms in total. The van der Waals surface area contributed by atoms with Gasteiger partial charge in [0.1, 0.15) is 73.2 Å².